The normalized spacial score (nSPS) is 10.7. The van der Waals surface area contributed by atoms with Crippen molar-refractivity contribution in [3.63, 3.8) is 0 Å². The summed E-state index contributed by atoms with van der Waals surface area (Å²) in [5.41, 5.74) is 1.82. The molecule has 0 fully saturated rings. The van der Waals surface area contributed by atoms with Crippen LogP contribution in [0.2, 0.25) is 0 Å². The summed E-state index contributed by atoms with van der Waals surface area (Å²) in [5.74, 6) is 0.371. The highest BCUT2D eigenvalue weighted by Gasteiger charge is 2.04. The van der Waals surface area contributed by atoms with Crippen molar-refractivity contribution < 1.29 is 14.6 Å². The largest absolute Gasteiger partial charge is 0.508 e. The molecule has 0 saturated heterocycles. The summed E-state index contributed by atoms with van der Waals surface area (Å²) >= 11 is 0. The summed E-state index contributed by atoms with van der Waals surface area (Å²) < 4.78 is 5.31. The number of phenolic OH excluding ortho intramolecular Hbond substituents is 1. The summed E-state index contributed by atoms with van der Waals surface area (Å²) in [6, 6.07) is 14.1. The van der Waals surface area contributed by atoms with E-state index in [2.05, 4.69) is 0 Å². The maximum absolute atomic E-state index is 11.8. The number of benzene rings is 2. The van der Waals surface area contributed by atoms with E-state index >= 15 is 0 Å². The number of esters is 1. The van der Waals surface area contributed by atoms with Gasteiger partial charge in [-0.3, -0.25) is 0 Å². The van der Waals surface area contributed by atoms with Crippen LogP contribution in [0.5, 0.6) is 11.5 Å². The second-order valence-corrected chi connectivity index (χ2v) is 4.31. The highest BCUT2D eigenvalue weighted by Crippen LogP contribution is 2.18. The Balaban J connectivity index is 2.03. The van der Waals surface area contributed by atoms with E-state index in [1.807, 2.05) is 25.1 Å². The molecule has 0 unspecified atom stereocenters. The van der Waals surface area contributed by atoms with Crippen molar-refractivity contribution in [3.8, 4) is 11.5 Å². The van der Waals surface area contributed by atoms with Crippen LogP contribution in [-0.4, -0.2) is 11.1 Å². The van der Waals surface area contributed by atoms with E-state index in [4.69, 9.17) is 4.74 Å². The molecule has 3 nitrogen and oxygen atoms in total. The lowest BCUT2D eigenvalue weighted by atomic mass is 10.1. The summed E-state index contributed by atoms with van der Waals surface area (Å²) in [7, 11) is 0. The molecule has 2 aromatic carbocycles. The third-order valence-corrected chi connectivity index (χ3v) is 2.87. The Labute approximate surface area is 118 Å². The number of carbonyl (C=O) groups is 1. The highest BCUT2D eigenvalue weighted by atomic mass is 16.5. The maximum Gasteiger partial charge on any atom is 0.336 e. The molecule has 0 atom stereocenters. The topological polar surface area (TPSA) is 46.5 Å². The fourth-order valence-corrected chi connectivity index (χ4v) is 1.79. The van der Waals surface area contributed by atoms with Crippen molar-refractivity contribution in [3.05, 3.63) is 65.7 Å². The highest BCUT2D eigenvalue weighted by molar-refractivity contribution is 5.88. The first-order valence-electron chi connectivity index (χ1n) is 6.46. The van der Waals surface area contributed by atoms with E-state index < -0.39 is 5.97 Å². The minimum Gasteiger partial charge on any atom is -0.508 e. The van der Waals surface area contributed by atoms with E-state index in [9.17, 15) is 9.90 Å². The number of carbonyl (C=O) groups excluding carboxylic acids is 1. The Morgan fingerprint density at radius 1 is 1.15 bits per heavy atom. The zero-order valence-corrected chi connectivity index (χ0v) is 11.2. The fourth-order valence-electron chi connectivity index (χ4n) is 1.79. The molecule has 20 heavy (non-hydrogen) atoms. The van der Waals surface area contributed by atoms with Gasteiger partial charge in [0.1, 0.15) is 11.5 Å². The molecule has 0 amide bonds. The Morgan fingerprint density at radius 2 is 1.85 bits per heavy atom. The second kappa shape index (κ2) is 6.57. The van der Waals surface area contributed by atoms with Gasteiger partial charge in [-0.05, 0) is 41.8 Å². The molecule has 0 heterocycles. The molecule has 0 bridgehead atoms. The standard InChI is InChI=1S/C17H16O3/c1-2-14-5-3-4-6-16(14)20-17(19)12-9-13-7-10-15(18)11-8-13/h3-12,18H,2H2,1H3/b12-9+. The van der Waals surface area contributed by atoms with Crippen molar-refractivity contribution in [1.29, 1.82) is 0 Å². The van der Waals surface area contributed by atoms with E-state index in [0.717, 1.165) is 17.5 Å². The Hall–Kier alpha value is -2.55. The summed E-state index contributed by atoms with van der Waals surface area (Å²) in [6.45, 7) is 2.01. The van der Waals surface area contributed by atoms with E-state index in [-0.39, 0.29) is 5.75 Å². The van der Waals surface area contributed by atoms with Crippen molar-refractivity contribution in [2.75, 3.05) is 0 Å². The molecule has 0 aliphatic carbocycles. The third-order valence-electron chi connectivity index (χ3n) is 2.87. The van der Waals surface area contributed by atoms with Gasteiger partial charge in [-0.1, -0.05) is 37.3 Å². The van der Waals surface area contributed by atoms with Gasteiger partial charge in [-0.15, -0.1) is 0 Å². The fraction of sp³-hybridized carbons (Fsp3) is 0.118. The smallest absolute Gasteiger partial charge is 0.336 e. The molecule has 0 aromatic heterocycles. The first-order valence-corrected chi connectivity index (χ1v) is 6.46. The number of phenols is 1. The van der Waals surface area contributed by atoms with Gasteiger partial charge in [0.2, 0.25) is 0 Å². The van der Waals surface area contributed by atoms with Crippen LogP contribution in [0.25, 0.3) is 6.08 Å². The van der Waals surface area contributed by atoms with Gasteiger partial charge >= 0.3 is 5.97 Å². The number of ether oxygens (including phenoxy) is 1. The van der Waals surface area contributed by atoms with Gasteiger partial charge in [0, 0.05) is 6.08 Å². The van der Waals surface area contributed by atoms with Crippen molar-refractivity contribution in [2.45, 2.75) is 13.3 Å². The number of rotatable bonds is 4. The van der Waals surface area contributed by atoms with Crippen LogP contribution in [0, 0.1) is 0 Å². The molecule has 0 spiro atoms. The molecule has 2 rings (SSSR count). The molecule has 1 N–H and O–H groups in total. The lowest BCUT2D eigenvalue weighted by Gasteiger charge is -2.06. The molecule has 3 heteroatoms. The van der Waals surface area contributed by atoms with Crippen LogP contribution in [0.1, 0.15) is 18.1 Å². The summed E-state index contributed by atoms with van der Waals surface area (Å²) in [6.07, 6.45) is 3.83. The van der Waals surface area contributed by atoms with Crippen molar-refractivity contribution in [1.82, 2.24) is 0 Å². The number of aromatic hydroxyl groups is 1. The van der Waals surface area contributed by atoms with E-state index in [1.165, 1.54) is 6.08 Å². The van der Waals surface area contributed by atoms with Gasteiger partial charge in [0.25, 0.3) is 0 Å². The third kappa shape index (κ3) is 3.72. The number of aryl methyl sites for hydroxylation is 1. The minimum absolute atomic E-state index is 0.196. The molecule has 0 aliphatic rings. The number of para-hydroxylation sites is 1. The average molecular weight is 268 g/mol. The SMILES string of the molecule is CCc1ccccc1OC(=O)/C=C/c1ccc(O)cc1. The van der Waals surface area contributed by atoms with Crippen LogP contribution in [0.3, 0.4) is 0 Å². The van der Waals surface area contributed by atoms with Crippen molar-refractivity contribution in [2.24, 2.45) is 0 Å². The lowest BCUT2D eigenvalue weighted by molar-refractivity contribution is -0.128. The molecule has 102 valence electrons. The maximum atomic E-state index is 11.8. The second-order valence-electron chi connectivity index (χ2n) is 4.31. The van der Waals surface area contributed by atoms with Gasteiger partial charge in [-0.2, -0.15) is 0 Å². The summed E-state index contributed by atoms with van der Waals surface area (Å²) in [5, 5.41) is 9.17. The van der Waals surface area contributed by atoms with Gasteiger partial charge in [0.15, 0.2) is 0 Å². The Kier molecular flexibility index (Phi) is 4.56. The Morgan fingerprint density at radius 3 is 2.55 bits per heavy atom. The van der Waals surface area contributed by atoms with E-state index in [0.29, 0.717) is 5.75 Å². The quantitative estimate of drug-likeness (QED) is 0.524. The summed E-state index contributed by atoms with van der Waals surface area (Å²) in [4.78, 5) is 11.8. The van der Waals surface area contributed by atoms with Crippen LogP contribution in [0.15, 0.2) is 54.6 Å². The predicted octanol–water partition coefficient (Wildman–Crippen LogP) is 3.57. The molecular formula is C17H16O3. The Bertz CT molecular complexity index is 612. The lowest BCUT2D eigenvalue weighted by Crippen LogP contribution is -2.05. The monoisotopic (exact) mass is 268 g/mol. The molecule has 0 saturated carbocycles. The van der Waals surface area contributed by atoms with Crippen LogP contribution in [0.4, 0.5) is 0 Å². The first-order chi connectivity index (χ1) is 9.69. The van der Waals surface area contributed by atoms with Crippen molar-refractivity contribution >= 4 is 12.0 Å². The molecular weight excluding hydrogens is 252 g/mol. The van der Waals surface area contributed by atoms with Gasteiger partial charge < -0.3 is 9.84 Å². The first kappa shape index (κ1) is 13.9. The zero-order chi connectivity index (χ0) is 14.4. The molecule has 0 radical (unpaired) electrons. The van der Waals surface area contributed by atoms with Crippen LogP contribution >= 0.6 is 0 Å². The minimum atomic E-state index is -0.418. The molecule has 0 aliphatic heterocycles. The van der Waals surface area contributed by atoms with Gasteiger partial charge in [0.05, 0.1) is 0 Å². The van der Waals surface area contributed by atoms with E-state index in [1.54, 1.807) is 36.4 Å². The number of hydrogen-bond acceptors (Lipinski definition) is 3. The van der Waals surface area contributed by atoms with Crippen LogP contribution < -0.4 is 4.74 Å². The number of hydrogen-bond donors (Lipinski definition) is 1. The van der Waals surface area contributed by atoms with Crippen LogP contribution in [-0.2, 0) is 11.2 Å². The van der Waals surface area contributed by atoms with Gasteiger partial charge in [-0.25, -0.2) is 4.79 Å². The average Bonchev–Trinajstić information content (AvgIpc) is 2.47. The predicted molar refractivity (Wildman–Crippen MR) is 78.6 cm³/mol. The molecule has 2 aromatic rings. The zero-order valence-electron chi connectivity index (χ0n) is 11.2.